The number of benzene rings is 2. The molecular formula is C18H16N2O3. The number of carbonyl (C=O) groups excluding carboxylic acids is 1. The Bertz CT molecular complexity index is 919. The summed E-state index contributed by atoms with van der Waals surface area (Å²) < 4.78 is 0. The molecule has 116 valence electrons. The van der Waals surface area contributed by atoms with Crippen LogP contribution < -0.4 is 5.32 Å². The Morgan fingerprint density at radius 3 is 2.65 bits per heavy atom. The zero-order valence-corrected chi connectivity index (χ0v) is 12.7. The van der Waals surface area contributed by atoms with Gasteiger partial charge in [0.1, 0.15) is 0 Å². The average molecular weight is 308 g/mol. The molecular weight excluding hydrogens is 292 g/mol. The Hall–Kier alpha value is -2.95. The number of carbonyl (C=O) groups is 2. The van der Waals surface area contributed by atoms with Crippen molar-refractivity contribution < 1.29 is 14.7 Å². The molecule has 3 rings (SSSR count). The zero-order chi connectivity index (χ0) is 16.4. The molecule has 0 aliphatic rings. The van der Waals surface area contributed by atoms with E-state index in [4.69, 9.17) is 5.11 Å². The van der Waals surface area contributed by atoms with E-state index in [0.29, 0.717) is 5.69 Å². The third-order valence-electron chi connectivity index (χ3n) is 3.67. The van der Waals surface area contributed by atoms with Crippen LogP contribution in [0.4, 0.5) is 5.69 Å². The van der Waals surface area contributed by atoms with Crippen LogP contribution in [-0.2, 0) is 9.59 Å². The molecule has 0 radical (unpaired) electrons. The number of aryl methyl sites for hydroxylation is 1. The lowest BCUT2D eigenvalue weighted by Crippen LogP contribution is -2.13. The number of carboxylic acid groups (broad SMARTS) is 1. The van der Waals surface area contributed by atoms with Crippen LogP contribution >= 0.6 is 0 Å². The summed E-state index contributed by atoms with van der Waals surface area (Å²) in [5.74, 6) is -1.30. The Morgan fingerprint density at radius 1 is 1.09 bits per heavy atom. The Morgan fingerprint density at radius 2 is 1.87 bits per heavy atom. The average Bonchev–Trinajstić information content (AvgIpc) is 2.52. The molecule has 1 heterocycles. The van der Waals surface area contributed by atoms with Crippen molar-refractivity contribution in [1.29, 1.82) is 0 Å². The lowest BCUT2D eigenvalue weighted by molar-refractivity contribution is -0.138. The molecule has 3 aromatic rings. The van der Waals surface area contributed by atoms with Crippen LogP contribution in [0.25, 0.3) is 21.7 Å². The number of anilines is 1. The number of aromatic nitrogens is 1. The first-order chi connectivity index (χ1) is 11.0. The van der Waals surface area contributed by atoms with E-state index in [1.54, 1.807) is 6.07 Å². The van der Waals surface area contributed by atoms with Crippen molar-refractivity contribution in [1.82, 2.24) is 4.98 Å². The maximum Gasteiger partial charge on any atom is 0.303 e. The number of amides is 1. The molecule has 0 aliphatic carbocycles. The number of nitrogens with one attached hydrogen (secondary N) is 1. The van der Waals surface area contributed by atoms with Gasteiger partial charge in [-0.05, 0) is 18.4 Å². The molecule has 0 bridgehead atoms. The predicted molar refractivity (Wildman–Crippen MR) is 89.5 cm³/mol. The first-order valence-corrected chi connectivity index (χ1v) is 7.35. The highest BCUT2D eigenvalue weighted by Crippen LogP contribution is 2.29. The number of nitrogens with zero attached hydrogens (tertiary/aromatic N) is 1. The topological polar surface area (TPSA) is 79.3 Å². The molecule has 0 atom stereocenters. The molecule has 2 aromatic carbocycles. The summed E-state index contributed by atoms with van der Waals surface area (Å²) in [6, 6.07) is 13.7. The van der Waals surface area contributed by atoms with Crippen LogP contribution in [0.2, 0.25) is 0 Å². The summed E-state index contributed by atoms with van der Waals surface area (Å²) in [5, 5.41) is 14.4. The van der Waals surface area contributed by atoms with Gasteiger partial charge in [0.25, 0.3) is 0 Å². The minimum atomic E-state index is -0.984. The van der Waals surface area contributed by atoms with Crippen molar-refractivity contribution in [2.24, 2.45) is 0 Å². The Balaban J connectivity index is 2.05. The maximum atomic E-state index is 11.9. The van der Waals surface area contributed by atoms with E-state index >= 15 is 0 Å². The van der Waals surface area contributed by atoms with Gasteiger partial charge in [0.15, 0.2) is 0 Å². The van der Waals surface area contributed by atoms with E-state index in [2.05, 4.69) is 10.3 Å². The van der Waals surface area contributed by atoms with Crippen LogP contribution in [0.1, 0.15) is 18.5 Å². The number of hydrogen-bond donors (Lipinski definition) is 2. The molecule has 1 amide bonds. The lowest BCUT2D eigenvalue weighted by Gasteiger charge is -2.11. The molecule has 5 heteroatoms. The van der Waals surface area contributed by atoms with E-state index in [0.717, 1.165) is 27.4 Å². The molecule has 0 unspecified atom stereocenters. The van der Waals surface area contributed by atoms with Crippen molar-refractivity contribution in [2.45, 2.75) is 19.8 Å². The van der Waals surface area contributed by atoms with Crippen molar-refractivity contribution in [3.05, 3.63) is 48.2 Å². The van der Waals surface area contributed by atoms with Gasteiger partial charge in [-0.3, -0.25) is 14.6 Å². The fourth-order valence-electron chi connectivity index (χ4n) is 2.62. The summed E-state index contributed by atoms with van der Waals surface area (Å²) in [7, 11) is 0. The Labute approximate surface area is 133 Å². The SMILES string of the molecule is Cc1cc(NC(=O)CCC(=O)O)c2ccc3ccccc3c2n1. The third kappa shape index (κ3) is 3.13. The molecule has 5 nitrogen and oxygen atoms in total. The van der Waals surface area contributed by atoms with Crippen LogP contribution in [0.5, 0.6) is 0 Å². The summed E-state index contributed by atoms with van der Waals surface area (Å²) >= 11 is 0. The second-order valence-electron chi connectivity index (χ2n) is 5.44. The number of rotatable bonds is 4. The molecule has 1 aromatic heterocycles. The van der Waals surface area contributed by atoms with Gasteiger partial charge in [0, 0.05) is 22.9 Å². The van der Waals surface area contributed by atoms with E-state index in [1.165, 1.54) is 0 Å². The van der Waals surface area contributed by atoms with E-state index in [1.807, 2.05) is 43.3 Å². The number of hydrogen-bond acceptors (Lipinski definition) is 3. The predicted octanol–water partition coefficient (Wildman–Crippen LogP) is 3.50. The second-order valence-corrected chi connectivity index (χ2v) is 5.44. The van der Waals surface area contributed by atoms with Crippen LogP contribution in [0.3, 0.4) is 0 Å². The monoisotopic (exact) mass is 308 g/mol. The quantitative estimate of drug-likeness (QED) is 0.723. The zero-order valence-electron chi connectivity index (χ0n) is 12.7. The van der Waals surface area contributed by atoms with Gasteiger partial charge in [0.05, 0.1) is 17.6 Å². The third-order valence-corrected chi connectivity index (χ3v) is 3.67. The van der Waals surface area contributed by atoms with Gasteiger partial charge in [0.2, 0.25) is 5.91 Å². The lowest BCUT2D eigenvalue weighted by atomic mass is 10.0. The first-order valence-electron chi connectivity index (χ1n) is 7.35. The summed E-state index contributed by atoms with van der Waals surface area (Å²) in [6.45, 7) is 1.87. The smallest absolute Gasteiger partial charge is 0.303 e. The van der Waals surface area contributed by atoms with Crippen molar-refractivity contribution >= 4 is 39.2 Å². The molecule has 2 N–H and O–H groups in total. The standard InChI is InChI=1S/C18H16N2O3/c1-11-10-15(20-16(21)8-9-17(22)23)14-7-6-12-4-2-3-5-13(12)18(14)19-11/h2-7,10H,8-9H2,1H3,(H,22,23)(H,19,20,21). The number of aliphatic carboxylic acids is 1. The van der Waals surface area contributed by atoms with E-state index in [-0.39, 0.29) is 18.7 Å². The molecule has 0 saturated heterocycles. The molecule has 0 fully saturated rings. The van der Waals surface area contributed by atoms with Crippen molar-refractivity contribution in [2.75, 3.05) is 5.32 Å². The second kappa shape index (κ2) is 6.04. The maximum absolute atomic E-state index is 11.9. The minimum absolute atomic E-state index is 0.0498. The van der Waals surface area contributed by atoms with Crippen molar-refractivity contribution in [3.63, 3.8) is 0 Å². The molecule has 0 spiro atoms. The number of pyridine rings is 1. The first kappa shape index (κ1) is 15.0. The summed E-state index contributed by atoms with van der Waals surface area (Å²) in [6.07, 6.45) is -0.234. The summed E-state index contributed by atoms with van der Waals surface area (Å²) in [4.78, 5) is 27.1. The molecule has 0 aliphatic heterocycles. The van der Waals surface area contributed by atoms with E-state index < -0.39 is 5.97 Å². The number of carboxylic acids is 1. The number of fused-ring (bicyclic) bond motifs is 3. The fourth-order valence-corrected chi connectivity index (χ4v) is 2.62. The highest BCUT2D eigenvalue weighted by Gasteiger charge is 2.11. The van der Waals surface area contributed by atoms with Gasteiger partial charge in [-0.25, -0.2) is 0 Å². The minimum Gasteiger partial charge on any atom is -0.481 e. The van der Waals surface area contributed by atoms with Gasteiger partial charge in [-0.15, -0.1) is 0 Å². The summed E-state index contributed by atoms with van der Waals surface area (Å²) in [5.41, 5.74) is 2.28. The van der Waals surface area contributed by atoms with Crippen LogP contribution in [0.15, 0.2) is 42.5 Å². The van der Waals surface area contributed by atoms with Gasteiger partial charge < -0.3 is 10.4 Å². The van der Waals surface area contributed by atoms with Crippen molar-refractivity contribution in [3.8, 4) is 0 Å². The van der Waals surface area contributed by atoms with Crippen LogP contribution in [0, 0.1) is 6.92 Å². The molecule has 23 heavy (non-hydrogen) atoms. The highest BCUT2D eigenvalue weighted by atomic mass is 16.4. The normalized spacial score (nSPS) is 10.8. The molecule has 0 saturated carbocycles. The van der Waals surface area contributed by atoms with Gasteiger partial charge in [-0.1, -0.05) is 36.4 Å². The van der Waals surface area contributed by atoms with E-state index in [9.17, 15) is 9.59 Å². The largest absolute Gasteiger partial charge is 0.481 e. The highest BCUT2D eigenvalue weighted by molar-refractivity contribution is 6.11. The van der Waals surface area contributed by atoms with Gasteiger partial charge >= 0.3 is 5.97 Å². The fraction of sp³-hybridized carbons (Fsp3) is 0.167. The van der Waals surface area contributed by atoms with Crippen LogP contribution in [-0.4, -0.2) is 22.0 Å². The van der Waals surface area contributed by atoms with Gasteiger partial charge in [-0.2, -0.15) is 0 Å². The Kier molecular flexibility index (Phi) is 3.93.